The Morgan fingerprint density at radius 3 is 2.42 bits per heavy atom. The summed E-state index contributed by atoms with van der Waals surface area (Å²) in [6.07, 6.45) is 2.54. The van der Waals surface area contributed by atoms with Crippen LogP contribution in [0.3, 0.4) is 0 Å². The fourth-order valence-electron chi connectivity index (χ4n) is 2.52. The van der Waals surface area contributed by atoms with Crippen molar-refractivity contribution in [2.45, 2.75) is 58.2 Å². The molecule has 2 radical (unpaired) electrons. The van der Waals surface area contributed by atoms with Crippen molar-refractivity contribution >= 4 is 61.3 Å². The Labute approximate surface area is 185 Å². The standard InChI is InChI=1S/C18H23B2N3O7S/c1-5-28-14(26)13(12-9-31-16(21-12)23(19-10-24)20-11-25)22-30-18(7-6-8-18)15(27)29-17(2,3)4/h9-11H,5-8H2,1-4H3/b22-13-. The topological polar surface area (TPSA) is 124 Å². The van der Waals surface area contributed by atoms with Crippen molar-refractivity contribution in [3.8, 4) is 0 Å². The number of hydrogen-bond acceptors (Lipinski definition) is 11. The average molecular weight is 447 g/mol. The normalized spacial score (nSPS) is 15.2. The van der Waals surface area contributed by atoms with Gasteiger partial charge < -0.3 is 28.6 Å². The number of carbonyl (C=O) groups is 4. The van der Waals surface area contributed by atoms with Crippen LogP contribution in [0.2, 0.25) is 0 Å². The van der Waals surface area contributed by atoms with Gasteiger partial charge >= 0.3 is 26.8 Å². The van der Waals surface area contributed by atoms with Crippen LogP contribution >= 0.6 is 11.3 Å². The molecule has 0 aliphatic heterocycles. The summed E-state index contributed by atoms with van der Waals surface area (Å²) in [6.45, 7) is 6.98. The molecule has 0 amide bonds. The quantitative estimate of drug-likeness (QED) is 0.161. The molecular weight excluding hydrogens is 424 g/mol. The monoisotopic (exact) mass is 447 g/mol. The lowest BCUT2D eigenvalue weighted by molar-refractivity contribution is -0.196. The van der Waals surface area contributed by atoms with E-state index >= 15 is 0 Å². The lowest BCUT2D eigenvalue weighted by atomic mass is 9.80. The highest BCUT2D eigenvalue weighted by Gasteiger charge is 2.50. The SMILES string of the molecule is CCOC(=O)/C(=N\OC1(C(=O)OC(C)(C)C)CCC1)c1csc(N([B]C=O)[B]C=O)n1. The first-order chi connectivity index (χ1) is 14.7. The van der Waals surface area contributed by atoms with Crippen molar-refractivity contribution in [3.05, 3.63) is 11.1 Å². The number of anilines is 1. The van der Waals surface area contributed by atoms with Crippen molar-refractivity contribution in [3.63, 3.8) is 0 Å². The maximum atomic E-state index is 12.6. The van der Waals surface area contributed by atoms with E-state index < -0.39 is 23.1 Å². The Balaban J connectivity index is 2.31. The maximum Gasteiger partial charge on any atom is 0.362 e. The van der Waals surface area contributed by atoms with Crippen LogP contribution < -0.4 is 4.72 Å². The summed E-state index contributed by atoms with van der Waals surface area (Å²) >= 11 is 1.07. The van der Waals surface area contributed by atoms with Gasteiger partial charge in [-0.2, -0.15) is 0 Å². The van der Waals surface area contributed by atoms with Crippen LogP contribution in [0.25, 0.3) is 0 Å². The number of hydrogen-bond donors (Lipinski definition) is 0. The molecule has 1 fully saturated rings. The predicted octanol–water partition coefficient (Wildman–Crippen LogP) is 1.12. The molecule has 0 bridgehead atoms. The number of oxime groups is 1. The summed E-state index contributed by atoms with van der Waals surface area (Å²) in [7, 11) is 2.20. The number of aromatic nitrogens is 1. The minimum atomic E-state index is -1.27. The smallest absolute Gasteiger partial charge is 0.362 e. The zero-order chi connectivity index (χ0) is 23.1. The summed E-state index contributed by atoms with van der Waals surface area (Å²) in [4.78, 5) is 56.5. The van der Waals surface area contributed by atoms with E-state index in [4.69, 9.17) is 14.3 Å². The van der Waals surface area contributed by atoms with Crippen molar-refractivity contribution in [2.75, 3.05) is 11.3 Å². The van der Waals surface area contributed by atoms with Crippen LogP contribution in [0, 0.1) is 0 Å². The van der Waals surface area contributed by atoms with Gasteiger partial charge in [-0.1, -0.05) is 5.16 Å². The minimum absolute atomic E-state index is 0.0933. The highest BCUT2D eigenvalue weighted by Crippen LogP contribution is 2.38. The second-order valence-electron chi connectivity index (χ2n) is 7.59. The molecule has 0 unspecified atom stereocenters. The van der Waals surface area contributed by atoms with Gasteiger partial charge in [-0.15, -0.1) is 11.3 Å². The molecule has 164 valence electrons. The first-order valence-electron chi connectivity index (χ1n) is 9.64. The number of rotatable bonds is 11. The molecule has 1 heterocycles. The molecular formula is C18H23B2N3O7S. The molecule has 0 atom stereocenters. The Hall–Kier alpha value is -2.69. The molecule has 0 aromatic carbocycles. The Morgan fingerprint density at radius 2 is 1.94 bits per heavy atom. The lowest BCUT2D eigenvalue weighted by Gasteiger charge is -2.38. The van der Waals surface area contributed by atoms with E-state index in [0.717, 1.165) is 32.6 Å². The second-order valence-corrected chi connectivity index (χ2v) is 8.43. The van der Waals surface area contributed by atoms with Gasteiger partial charge in [0.1, 0.15) is 23.7 Å². The van der Waals surface area contributed by atoms with Crippen LogP contribution in [0.4, 0.5) is 5.13 Å². The zero-order valence-corrected chi connectivity index (χ0v) is 18.6. The van der Waals surface area contributed by atoms with Crippen LogP contribution in [-0.2, 0) is 33.5 Å². The lowest BCUT2D eigenvalue weighted by Crippen LogP contribution is -2.50. The molecule has 2 rings (SSSR count). The van der Waals surface area contributed by atoms with Crippen molar-refractivity contribution in [2.24, 2.45) is 5.16 Å². The van der Waals surface area contributed by atoms with E-state index in [1.807, 2.05) is 0 Å². The van der Waals surface area contributed by atoms with Gasteiger partial charge in [0.15, 0.2) is 5.13 Å². The van der Waals surface area contributed by atoms with E-state index in [-0.39, 0.29) is 23.1 Å². The molecule has 0 N–H and O–H groups in total. The fourth-order valence-corrected chi connectivity index (χ4v) is 3.30. The number of nitrogens with zero attached hydrogens (tertiary/aromatic N) is 3. The minimum Gasteiger partial charge on any atom is -0.461 e. The van der Waals surface area contributed by atoms with Crippen LogP contribution in [0.5, 0.6) is 0 Å². The molecule has 0 saturated heterocycles. The number of ether oxygens (including phenoxy) is 2. The third-order valence-electron chi connectivity index (χ3n) is 4.11. The largest absolute Gasteiger partial charge is 0.461 e. The van der Waals surface area contributed by atoms with E-state index in [9.17, 15) is 19.2 Å². The number of thiazole rings is 1. The van der Waals surface area contributed by atoms with E-state index in [0.29, 0.717) is 25.2 Å². The first-order valence-corrected chi connectivity index (χ1v) is 10.5. The summed E-state index contributed by atoms with van der Waals surface area (Å²) in [6, 6.07) is 0. The summed E-state index contributed by atoms with van der Waals surface area (Å²) in [5, 5.41) is 5.68. The fraction of sp³-hybridized carbons (Fsp3) is 0.556. The molecule has 1 saturated carbocycles. The molecule has 10 nitrogen and oxygen atoms in total. The van der Waals surface area contributed by atoms with Gasteiger partial charge in [0.05, 0.1) is 6.61 Å². The van der Waals surface area contributed by atoms with Gasteiger partial charge in [0.25, 0.3) is 0 Å². The first kappa shape index (κ1) is 24.6. The van der Waals surface area contributed by atoms with E-state index in [1.54, 1.807) is 27.7 Å². The second kappa shape index (κ2) is 10.6. The van der Waals surface area contributed by atoms with E-state index in [2.05, 4.69) is 10.1 Å². The van der Waals surface area contributed by atoms with Gasteiger partial charge in [-0.05, 0) is 34.1 Å². The molecule has 1 aliphatic rings. The van der Waals surface area contributed by atoms with Crippen LogP contribution in [0.15, 0.2) is 10.5 Å². The Morgan fingerprint density at radius 1 is 1.29 bits per heavy atom. The van der Waals surface area contributed by atoms with Crippen molar-refractivity contribution < 1.29 is 33.5 Å². The average Bonchev–Trinajstić information content (AvgIpc) is 3.12. The molecule has 1 aromatic rings. The Bertz CT molecular complexity index is 839. The Kier molecular flexibility index (Phi) is 8.37. The third-order valence-corrected chi connectivity index (χ3v) is 4.97. The van der Waals surface area contributed by atoms with Gasteiger partial charge in [-0.3, -0.25) is 0 Å². The van der Waals surface area contributed by atoms with Crippen molar-refractivity contribution in [1.29, 1.82) is 0 Å². The molecule has 31 heavy (non-hydrogen) atoms. The predicted molar refractivity (Wildman–Crippen MR) is 116 cm³/mol. The highest BCUT2D eigenvalue weighted by atomic mass is 32.1. The molecule has 1 aromatic heterocycles. The number of carbonyl (C=O) groups excluding carboxylic acids is 4. The molecule has 1 aliphatic carbocycles. The summed E-state index contributed by atoms with van der Waals surface area (Å²) in [5.41, 5.74) is -2.10. The van der Waals surface area contributed by atoms with Gasteiger partial charge in [0.2, 0.25) is 11.3 Å². The summed E-state index contributed by atoms with van der Waals surface area (Å²) in [5.74, 6) is -1.34. The van der Waals surface area contributed by atoms with Gasteiger partial charge in [-0.25, -0.2) is 14.6 Å². The van der Waals surface area contributed by atoms with E-state index in [1.165, 1.54) is 10.1 Å². The van der Waals surface area contributed by atoms with Gasteiger partial charge in [0, 0.05) is 18.2 Å². The molecule has 13 heteroatoms. The van der Waals surface area contributed by atoms with Crippen LogP contribution in [0.1, 0.15) is 52.7 Å². The van der Waals surface area contributed by atoms with Crippen LogP contribution in [-0.4, -0.2) is 67.6 Å². The highest BCUT2D eigenvalue weighted by molar-refractivity contribution is 7.16. The third kappa shape index (κ3) is 6.39. The zero-order valence-electron chi connectivity index (χ0n) is 17.8. The molecule has 0 spiro atoms. The maximum absolute atomic E-state index is 12.6. The number of esters is 2. The van der Waals surface area contributed by atoms with Crippen molar-refractivity contribution in [1.82, 2.24) is 4.98 Å². The summed E-state index contributed by atoms with van der Waals surface area (Å²) < 4.78 is 11.7.